The maximum absolute atomic E-state index is 6.60. The van der Waals surface area contributed by atoms with Crippen LogP contribution in [-0.2, 0) is 0 Å². The van der Waals surface area contributed by atoms with Crippen molar-refractivity contribution in [2.24, 2.45) is 0 Å². The van der Waals surface area contributed by atoms with Gasteiger partial charge in [0.2, 0.25) is 0 Å². The first-order valence-corrected chi connectivity index (χ1v) is 3.15. The Hall–Kier alpha value is 1.29. The Morgan fingerprint density at radius 3 is 2.00 bits per heavy atom. The molecule has 0 aromatic carbocycles. The molecule has 6 heavy (non-hydrogen) atoms. The first kappa shape index (κ1) is 10.3. The Kier molecular flexibility index (Phi) is 16.4. The molecule has 0 aromatic heterocycles. The van der Waals surface area contributed by atoms with Crippen molar-refractivity contribution in [2.75, 3.05) is 11.0 Å². The molecule has 0 fully saturated rings. The van der Waals surface area contributed by atoms with Gasteiger partial charge >= 0.3 is 18.9 Å². The molecule has 0 atom stereocenters. The molecule has 32 valence electrons. The molecule has 0 spiro atoms. The van der Waals surface area contributed by atoms with Crippen LogP contribution in [0.25, 0.3) is 5.73 Å². The largest absolute Gasteiger partial charge is 1.00 e. The minimum Gasteiger partial charge on any atom is -0.677 e. The van der Waals surface area contributed by atoms with E-state index < -0.39 is 0 Å². The third-order valence-corrected chi connectivity index (χ3v) is 1.07. The molecule has 0 heterocycles. The predicted octanol–water partition coefficient (Wildman–Crippen LogP) is -1.13. The van der Waals surface area contributed by atoms with Crippen molar-refractivity contribution >= 4 is 22.6 Å². The van der Waals surface area contributed by atoms with E-state index in [2.05, 4.69) is 22.6 Å². The summed E-state index contributed by atoms with van der Waals surface area (Å²) in [6, 6.07) is 0. The van der Waals surface area contributed by atoms with Crippen molar-refractivity contribution in [3.8, 4) is 0 Å². The third kappa shape index (κ3) is 8.99. The summed E-state index contributed by atoms with van der Waals surface area (Å²) in [5.74, 6) is 0. The molecule has 0 aliphatic carbocycles. The van der Waals surface area contributed by atoms with Crippen LogP contribution in [0.3, 0.4) is 0 Å². The zero-order valence-electron chi connectivity index (χ0n) is 4.00. The summed E-state index contributed by atoms with van der Waals surface area (Å²) in [6.45, 7) is 0.586. The van der Waals surface area contributed by atoms with Crippen LogP contribution in [0.2, 0.25) is 0 Å². The van der Waals surface area contributed by atoms with E-state index in [1.165, 1.54) is 0 Å². The van der Waals surface area contributed by atoms with Crippen LogP contribution < -0.4 is 18.9 Å². The summed E-state index contributed by atoms with van der Waals surface area (Å²) in [4.78, 5) is 0. The van der Waals surface area contributed by atoms with Crippen LogP contribution >= 0.6 is 22.6 Å². The molecule has 1 N–H and O–H groups in total. The Labute approximate surface area is 64.4 Å². The fourth-order valence-corrected chi connectivity index (χ4v) is 0.448. The van der Waals surface area contributed by atoms with Crippen molar-refractivity contribution < 1.29 is 18.9 Å². The Balaban J connectivity index is 0. The van der Waals surface area contributed by atoms with Crippen molar-refractivity contribution in [1.82, 2.24) is 0 Å². The van der Waals surface area contributed by atoms with Gasteiger partial charge in [0.15, 0.2) is 0 Å². The summed E-state index contributed by atoms with van der Waals surface area (Å²) in [6.07, 6.45) is 1.04. The van der Waals surface area contributed by atoms with Crippen molar-refractivity contribution in [3.05, 3.63) is 5.73 Å². The Bertz CT molecular complexity index is 18.3. The molecule has 0 unspecified atom stereocenters. The van der Waals surface area contributed by atoms with Crippen molar-refractivity contribution in [2.45, 2.75) is 6.42 Å². The summed E-state index contributed by atoms with van der Waals surface area (Å²) in [5, 5.41) is 0. The second kappa shape index (κ2) is 9.56. The van der Waals surface area contributed by atoms with Crippen molar-refractivity contribution in [1.29, 1.82) is 0 Å². The van der Waals surface area contributed by atoms with E-state index in [0.717, 1.165) is 10.8 Å². The van der Waals surface area contributed by atoms with Gasteiger partial charge in [-0.05, 0) is 4.43 Å². The summed E-state index contributed by atoms with van der Waals surface area (Å²) in [7, 11) is 0. The smallest absolute Gasteiger partial charge is 0.677 e. The first-order valence-electron chi connectivity index (χ1n) is 1.62. The molecule has 0 aliphatic heterocycles. The van der Waals surface area contributed by atoms with Crippen LogP contribution in [-0.4, -0.2) is 11.0 Å². The maximum atomic E-state index is 6.60. The minimum atomic E-state index is 0. The molecule has 0 rings (SSSR count). The summed E-state index contributed by atoms with van der Waals surface area (Å²) < 4.78 is 1.13. The van der Waals surface area contributed by atoms with Crippen LogP contribution in [0.1, 0.15) is 6.42 Å². The fourth-order valence-electron chi connectivity index (χ4n) is 0.0668. The molecular formula is C3H7ILiN. The van der Waals surface area contributed by atoms with Crippen LogP contribution in [0, 0.1) is 0 Å². The summed E-state index contributed by atoms with van der Waals surface area (Å²) in [5.41, 5.74) is 6.60. The van der Waals surface area contributed by atoms with Gasteiger partial charge in [0, 0.05) is 0 Å². The predicted molar refractivity (Wildman–Crippen MR) is 32.7 cm³/mol. The van der Waals surface area contributed by atoms with E-state index in [1.807, 2.05) is 0 Å². The number of rotatable bonds is 2. The number of halogens is 1. The van der Waals surface area contributed by atoms with Gasteiger partial charge in [-0.3, -0.25) is 0 Å². The Morgan fingerprint density at radius 2 is 2.00 bits per heavy atom. The van der Waals surface area contributed by atoms with E-state index in [-0.39, 0.29) is 18.9 Å². The van der Waals surface area contributed by atoms with Crippen molar-refractivity contribution in [3.63, 3.8) is 0 Å². The topological polar surface area (TPSA) is 23.8 Å². The minimum absolute atomic E-state index is 0. The zero-order chi connectivity index (χ0) is 4.12. The number of hydrogen-bond donors (Lipinski definition) is 0. The van der Waals surface area contributed by atoms with Gasteiger partial charge in [0.05, 0.1) is 0 Å². The standard InChI is InChI=1S/C3H7IN.Li/c4-2-1-3-5;/h5H,1-3H2;/q-1;+1. The third-order valence-electron chi connectivity index (χ3n) is 0.310. The van der Waals surface area contributed by atoms with Gasteiger partial charge in [-0.2, -0.15) is 6.54 Å². The van der Waals surface area contributed by atoms with Gasteiger partial charge in [0.25, 0.3) is 0 Å². The van der Waals surface area contributed by atoms with Crippen LogP contribution in [0.4, 0.5) is 0 Å². The second-order valence-electron chi connectivity index (χ2n) is 0.793. The molecule has 0 bridgehead atoms. The number of nitrogens with one attached hydrogen (secondary N) is 1. The molecule has 0 amide bonds. The maximum Gasteiger partial charge on any atom is 1.00 e. The SMILES string of the molecule is [Li+].[NH-]CCCI. The quantitative estimate of drug-likeness (QED) is 0.299. The number of hydrogen-bond acceptors (Lipinski definition) is 0. The number of alkyl halides is 1. The summed E-state index contributed by atoms with van der Waals surface area (Å²) >= 11 is 2.27. The van der Waals surface area contributed by atoms with E-state index in [1.54, 1.807) is 0 Å². The fraction of sp³-hybridized carbons (Fsp3) is 1.00. The first-order chi connectivity index (χ1) is 2.41. The molecule has 0 aromatic rings. The Morgan fingerprint density at radius 1 is 1.50 bits per heavy atom. The van der Waals surface area contributed by atoms with E-state index in [9.17, 15) is 0 Å². The molecule has 0 radical (unpaired) electrons. The van der Waals surface area contributed by atoms with Gasteiger partial charge in [-0.1, -0.05) is 29.0 Å². The van der Waals surface area contributed by atoms with E-state index in [4.69, 9.17) is 5.73 Å². The van der Waals surface area contributed by atoms with Crippen LogP contribution in [0.5, 0.6) is 0 Å². The molecule has 0 saturated heterocycles. The van der Waals surface area contributed by atoms with Gasteiger partial charge in [-0.25, -0.2) is 0 Å². The zero-order valence-corrected chi connectivity index (χ0v) is 6.16. The molecule has 1 nitrogen and oxygen atoms in total. The molecule has 3 heteroatoms. The van der Waals surface area contributed by atoms with Gasteiger partial charge < -0.3 is 5.73 Å². The van der Waals surface area contributed by atoms with E-state index in [0.29, 0.717) is 6.54 Å². The monoisotopic (exact) mass is 191 g/mol. The average Bonchev–Trinajstić information content (AvgIpc) is 1.41. The molecular weight excluding hydrogens is 184 g/mol. The van der Waals surface area contributed by atoms with Gasteiger partial charge in [0.1, 0.15) is 0 Å². The molecule has 0 aliphatic rings. The average molecular weight is 191 g/mol. The van der Waals surface area contributed by atoms with E-state index >= 15 is 0 Å². The molecule has 0 saturated carbocycles. The van der Waals surface area contributed by atoms with Crippen LogP contribution in [0.15, 0.2) is 0 Å². The second-order valence-corrected chi connectivity index (χ2v) is 1.87. The normalized spacial score (nSPS) is 7.00. The van der Waals surface area contributed by atoms with Gasteiger partial charge in [-0.15, -0.1) is 0 Å².